The smallest absolute Gasteiger partial charge is 0.360 e. The largest absolute Gasteiger partial charge is 0.464 e. The Bertz CT molecular complexity index is 451. The number of aromatic amines is 1. The Hall–Kier alpha value is -2.18. The number of ether oxygens (including phenoxy) is 1. The minimum atomic E-state index is -0.741. The number of methoxy groups -OCH3 is 1. The number of esters is 1. The third-order valence-electron chi connectivity index (χ3n) is 1.48. The Labute approximate surface area is 84.5 Å². The normalized spacial score (nSPS) is 9.47. The third-order valence-corrected chi connectivity index (χ3v) is 1.48. The number of nitrogens with zero attached hydrogens (tertiary/aromatic N) is 1. The summed E-state index contributed by atoms with van der Waals surface area (Å²) in [6.07, 6.45) is 0.928. The first-order valence-electron chi connectivity index (χ1n) is 4.00. The second kappa shape index (κ2) is 4.36. The van der Waals surface area contributed by atoms with Crippen LogP contribution in [0, 0.1) is 0 Å². The van der Waals surface area contributed by atoms with Crippen LogP contribution in [0.4, 0.5) is 5.82 Å². The standard InChI is InChI=1S/C8H9N3O4/c1-4(12)10-7-6(8(14)15-2)9-3-5(13)11-7/h3H,1-2H3,(H2,10,11,12,13). The van der Waals surface area contributed by atoms with Crippen LogP contribution in [0.2, 0.25) is 0 Å². The summed E-state index contributed by atoms with van der Waals surface area (Å²) in [6.45, 7) is 1.24. The van der Waals surface area contributed by atoms with Gasteiger partial charge in [0.15, 0.2) is 5.69 Å². The Morgan fingerprint density at radius 3 is 2.73 bits per heavy atom. The van der Waals surface area contributed by atoms with Crippen molar-refractivity contribution in [3.8, 4) is 0 Å². The Morgan fingerprint density at radius 1 is 1.53 bits per heavy atom. The second-order valence-electron chi connectivity index (χ2n) is 2.64. The third kappa shape index (κ3) is 2.63. The van der Waals surface area contributed by atoms with Crippen LogP contribution in [0.1, 0.15) is 17.4 Å². The number of anilines is 1. The maximum Gasteiger partial charge on any atom is 0.360 e. The van der Waals surface area contributed by atoms with E-state index < -0.39 is 17.4 Å². The molecule has 0 unspecified atom stereocenters. The van der Waals surface area contributed by atoms with Crippen LogP contribution in [0.25, 0.3) is 0 Å². The molecule has 1 amide bonds. The monoisotopic (exact) mass is 211 g/mol. The van der Waals surface area contributed by atoms with Gasteiger partial charge in [-0.3, -0.25) is 9.59 Å². The first kappa shape index (κ1) is 10.9. The van der Waals surface area contributed by atoms with Crippen molar-refractivity contribution >= 4 is 17.7 Å². The molecule has 0 aromatic carbocycles. The molecule has 80 valence electrons. The number of H-pyrrole nitrogens is 1. The Balaban J connectivity index is 3.19. The number of carbonyl (C=O) groups excluding carboxylic acids is 2. The molecule has 1 rings (SSSR count). The summed E-state index contributed by atoms with van der Waals surface area (Å²) in [5, 5.41) is 2.27. The van der Waals surface area contributed by atoms with Crippen molar-refractivity contribution in [3.05, 3.63) is 22.2 Å². The van der Waals surface area contributed by atoms with Gasteiger partial charge < -0.3 is 15.0 Å². The molecule has 0 bridgehead atoms. The highest BCUT2D eigenvalue weighted by atomic mass is 16.5. The zero-order chi connectivity index (χ0) is 11.4. The van der Waals surface area contributed by atoms with Crippen LogP contribution in [0.15, 0.2) is 11.0 Å². The van der Waals surface area contributed by atoms with E-state index in [2.05, 4.69) is 20.0 Å². The van der Waals surface area contributed by atoms with Crippen LogP contribution in [-0.4, -0.2) is 29.0 Å². The van der Waals surface area contributed by atoms with Gasteiger partial charge in [0.1, 0.15) is 5.82 Å². The average Bonchev–Trinajstić information content (AvgIpc) is 2.16. The van der Waals surface area contributed by atoms with Crippen LogP contribution in [-0.2, 0) is 9.53 Å². The van der Waals surface area contributed by atoms with Gasteiger partial charge >= 0.3 is 5.97 Å². The zero-order valence-electron chi connectivity index (χ0n) is 8.16. The van der Waals surface area contributed by atoms with Crippen molar-refractivity contribution in [2.75, 3.05) is 12.4 Å². The van der Waals surface area contributed by atoms with Crippen LogP contribution in [0.3, 0.4) is 0 Å². The van der Waals surface area contributed by atoms with Crippen LogP contribution < -0.4 is 10.9 Å². The van der Waals surface area contributed by atoms with E-state index in [9.17, 15) is 14.4 Å². The highest BCUT2D eigenvalue weighted by Crippen LogP contribution is 2.07. The Morgan fingerprint density at radius 2 is 2.20 bits per heavy atom. The van der Waals surface area contributed by atoms with E-state index in [0.29, 0.717) is 0 Å². The molecule has 0 saturated carbocycles. The highest BCUT2D eigenvalue weighted by molar-refractivity contribution is 5.97. The van der Waals surface area contributed by atoms with Gasteiger partial charge in [-0.1, -0.05) is 0 Å². The van der Waals surface area contributed by atoms with E-state index in [1.54, 1.807) is 0 Å². The van der Waals surface area contributed by atoms with Gasteiger partial charge in [0.25, 0.3) is 5.56 Å². The molecule has 7 nitrogen and oxygen atoms in total. The van der Waals surface area contributed by atoms with Crippen molar-refractivity contribution in [1.29, 1.82) is 0 Å². The molecular weight excluding hydrogens is 202 g/mol. The van der Waals surface area contributed by atoms with Crippen LogP contribution in [0.5, 0.6) is 0 Å². The molecule has 0 spiro atoms. The number of carbonyl (C=O) groups is 2. The summed E-state index contributed by atoms with van der Waals surface area (Å²) < 4.78 is 4.42. The minimum Gasteiger partial charge on any atom is -0.464 e. The summed E-state index contributed by atoms with van der Waals surface area (Å²) in [4.78, 5) is 38.7. The maximum atomic E-state index is 11.2. The van der Waals surface area contributed by atoms with E-state index in [0.717, 1.165) is 6.20 Å². The fourth-order valence-corrected chi connectivity index (χ4v) is 0.920. The predicted octanol–water partition coefficient (Wildman–Crippen LogP) is -0.485. The molecule has 0 aliphatic rings. The number of nitrogens with one attached hydrogen (secondary N) is 2. The lowest BCUT2D eigenvalue weighted by Crippen LogP contribution is -2.20. The fourth-order valence-electron chi connectivity index (χ4n) is 0.920. The molecule has 15 heavy (non-hydrogen) atoms. The van der Waals surface area contributed by atoms with E-state index in [-0.39, 0.29) is 11.5 Å². The number of hydrogen-bond donors (Lipinski definition) is 2. The molecule has 1 aromatic rings. The van der Waals surface area contributed by atoms with E-state index in [1.165, 1.54) is 14.0 Å². The molecule has 1 heterocycles. The molecule has 1 aromatic heterocycles. The summed E-state index contributed by atoms with van der Waals surface area (Å²) in [5.41, 5.74) is -0.668. The molecule has 0 aliphatic heterocycles. The zero-order valence-corrected chi connectivity index (χ0v) is 8.16. The Kier molecular flexibility index (Phi) is 3.17. The molecule has 2 N–H and O–H groups in total. The summed E-state index contributed by atoms with van der Waals surface area (Å²) >= 11 is 0. The van der Waals surface area contributed by atoms with Gasteiger partial charge in [-0.25, -0.2) is 9.78 Å². The minimum absolute atomic E-state index is 0.0677. The van der Waals surface area contributed by atoms with E-state index >= 15 is 0 Å². The molecular formula is C8H9N3O4. The van der Waals surface area contributed by atoms with Crippen molar-refractivity contribution in [3.63, 3.8) is 0 Å². The molecule has 0 saturated heterocycles. The number of hydrogen-bond acceptors (Lipinski definition) is 5. The van der Waals surface area contributed by atoms with E-state index in [1.807, 2.05) is 0 Å². The lowest BCUT2D eigenvalue weighted by atomic mass is 10.4. The second-order valence-corrected chi connectivity index (χ2v) is 2.64. The summed E-state index contributed by atoms with van der Waals surface area (Å²) in [5.74, 6) is -1.24. The lowest BCUT2D eigenvalue weighted by molar-refractivity contribution is -0.114. The van der Waals surface area contributed by atoms with E-state index in [4.69, 9.17) is 0 Å². The summed E-state index contributed by atoms with van der Waals surface area (Å²) in [6, 6.07) is 0. The van der Waals surface area contributed by atoms with Crippen molar-refractivity contribution in [1.82, 2.24) is 9.97 Å². The average molecular weight is 211 g/mol. The molecule has 0 radical (unpaired) electrons. The predicted molar refractivity (Wildman–Crippen MR) is 50.5 cm³/mol. The first-order valence-corrected chi connectivity index (χ1v) is 4.00. The number of amides is 1. The van der Waals surface area contributed by atoms with Crippen molar-refractivity contribution in [2.45, 2.75) is 6.92 Å². The summed E-state index contributed by atoms with van der Waals surface area (Å²) in [7, 11) is 1.17. The molecule has 0 aliphatic carbocycles. The van der Waals surface area contributed by atoms with Crippen LogP contribution >= 0.6 is 0 Å². The molecule has 0 fully saturated rings. The fraction of sp³-hybridized carbons (Fsp3) is 0.250. The maximum absolute atomic E-state index is 11.2. The number of rotatable bonds is 2. The van der Waals surface area contributed by atoms with Gasteiger partial charge in [-0.15, -0.1) is 0 Å². The number of aromatic nitrogens is 2. The van der Waals surface area contributed by atoms with Crippen molar-refractivity contribution < 1.29 is 14.3 Å². The molecule has 7 heteroatoms. The van der Waals surface area contributed by atoms with Gasteiger partial charge in [-0.2, -0.15) is 0 Å². The SMILES string of the molecule is COC(=O)c1ncc(=O)[nH]c1NC(C)=O. The van der Waals surface area contributed by atoms with Gasteiger partial charge in [0.2, 0.25) is 5.91 Å². The highest BCUT2D eigenvalue weighted by Gasteiger charge is 2.15. The first-order chi connectivity index (χ1) is 7.04. The van der Waals surface area contributed by atoms with Crippen molar-refractivity contribution in [2.24, 2.45) is 0 Å². The quantitative estimate of drug-likeness (QED) is 0.643. The van der Waals surface area contributed by atoms with Gasteiger partial charge in [0, 0.05) is 6.92 Å². The van der Waals surface area contributed by atoms with Gasteiger partial charge in [0.05, 0.1) is 13.3 Å². The topological polar surface area (TPSA) is 101 Å². The lowest BCUT2D eigenvalue weighted by Gasteiger charge is -2.05. The molecule has 0 atom stereocenters. The van der Waals surface area contributed by atoms with Gasteiger partial charge in [-0.05, 0) is 0 Å².